The van der Waals surface area contributed by atoms with E-state index in [9.17, 15) is 12.8 Å². The Bertz CT molecular complexity index is 1270. The summed E-state index contributed by atoms with van der Waals surface area (Å²) in [5, 5.41) is 11.0. The normalized spacial score (nSPS) is 10.9. The lowest BCUT2D eigenvalue weighted by atomic mass is 10.2. The summed E-state index contributed by atoms with van der Waals surface area (Å²) < 4.78 is 43.1. The minimum absolute atomic E-state index is 0.0272. The van der Waals surface area contributed by atoms with Gasteiger partial charge < -0.3 is 15.4 Å². The van der Waals surface area contributed by atoms with Gasteiger partial charge in [-0.05, 0) is 55.3 Å². The predicted molar refractivity (Wildman–Crippen MR) is 117 cm³/mol. The second-order valence-electron chi connectivity index (χ2n) is 6.64. The highest BCUT2D eigenvalue weighted by Crippen LogP contribution is 2.26. The average molecular weight is 441 g/mol. The molecule has 31 heavy (non-hydrogen) atoms. The van der Waals surface area contributed by atoms with Crippen molar-refractivity contribution in [2.45, 2.75) is 18.7 Å². The van der Waals surface area contributed by atoms with Crippen molar-refractivity contribution in [3.8, 4) is 18.1 Å². The molecule has 2 aromatic carbocycles. The fourth-order valence-electron chi connectivity index (χ4n) is 2.77. The first-order valence-electron chi connectivity index (χ1n) is 9.04. The Balaban J connectivity index is 1.83. The maximum atomic E-state index is 14.3. The van der Waals surface area contributed by atoms with Crippen LogP contribution >= 0.6 is 0 Å². The van der Waals surface area contributed by atoms with Crippen LogP contribution in [0.25, 0.3) is 0 Å². The molecule has 0 unspecified atom stereocenters. The van der Waals surface area contributed by atoms with Crippen molar-refractivity contribution in [1.82, 2.24) is 9.97 Å². The van der Waals surface area contributed by atoms with Crippen LogP contribution in [-0.2, 0) is 10.0 Å². The van der Waals surface area contributed by atoms with E-state index in [0.717, 1.165) is 11.8 Å². The Morgan fingerprint density at radius 1 is 1.13 bits per heavy atom. The number of nitrogens with two attached hydrogens (primary N) is 1. The molecule has 0 saturated carbocycles. The molecule has 0 aliphatic heterocycles. The smallest absolute Gasteiger partial charge is 0.238 e. The zero-order valence-corrected chi connectivity index (χ0v) is 17.6. The zero-order chi connectivity index (χ0) is 22.6. The van der Waals surface area contributed by atoms with Crippen molar-refractivity contribution in [1.29, 1.82) is 0 Å². The van der Waals surface area contributed by atoms with Gasteiger partial charge in [-0.15, -0.1) is 6.42 Å². The molecule has 0 amide bonds. The molecule has 1 heterocycles. The van der Waals surface area contributed by atoms with Crippen LogP contribution in [0.4, 0.5) is 27.5 Å². The maximum Gasteiger partial charge on any atom is 0.238 e. The fraction of sp³-hybridized carbons (Fsp3) is 0.143. The van der Waals surface area contributed by atoms with Gasteiger partial charge in [0.2, 0.25) is 16.0 Å². The summed E-state index contributed by atoms with van der Waals surface area (Å²) in [6, 6.07) is 9.78. The highest BCUT2D eigenvalue weighted by atomic mass is 32.2. The van der Waals surface area contributed by atoms with Crippen LogP contribution in [0.1, 0.15) is 11.1 Å². The van der Waals surface area contributed by atoms with Gasteiger partial charge in [-0.1, -0.05) is 12.0 Å². The van der Waals surface area contributed by atoms with Crippen LogP contribution in [0.15, 0.2) is 47.5 Å². The number of benzene rings is 2. The molecule has 0 atom stereocenters. The minimum Gasteiger partial charge on any atom is -0.481 e. The Morgan fingerprint density at radius 2 is 1.84 bits per heavy atom. The lowest BCUT2D eigenvalue weighted by molar-refractivity contribution is 0.368. The number of anilines is 4. The molecule has 0 saturated heterocycles. The van der Waals surface area contributed by atoms with Gasteiger partial charge in [-0.3, -0.25) is 0 Å². The Kier molecular flexibility index (Phi) is 6.39. The van der Waals surface area contributed by atoms with Gasteiger partial charge in [0.1, 0.15) is 12.4 Å². The number of hydrogen-bond donors (Lipinski definition) is 3. The number of ether oxygens (including phenoxy) is 1. The van der Waals surface area contributed by atoms with Crippen LogP contribution in [0.5, 0.6) is 5.75 Å². The van der Waals surface area contributed by atoms with Crippen LogP contribution in [0, 0.1) is 32.0 Å². The number of terminal acetylenes is 1. The molecule has 3 aromatic rings. The molecule has 0 aliphatic rings. The lowest BCUT2D eigenvalue weighted by Gasteiger charge is -2.12. The van der Waals surface area contributed by atoms with E-state index in [0.29, 0.717) is 22.7 Å². The van der Waals surface area contributed by atoms with Crippen molar-refractivity contribution in [3.63, 3.8) is 0 Å². The second-order valence-corrected chi connectivity index (χ2v) is 8.17. The van der Waals surface area contributed by atoms with E-state index in [2.05, 4.69) is 26.5 Å². The van der Waals surface area contributed by atoms with Crippen LogP contribution in [0.3, 0.4) is 0 Å². The van der Waals surface area contributed by atoms with Gasteiger partial charge in [0.05, 0.1) is 11.1 Å². The van der Waals surface area contributed by atoms with Gasteiger partial charge in [-0.25, -0.2) is 22.9 Å². The third-order valence-electron chi connectivity index (χ3n) is 4.24. The third-order valence-corrected chi connectivity index (χ3v) is 5.30. The molecular formula is C21H20FN5O3S. The van der Waals surface area contributed by atoms with E-state index >= 15 is 0 Å². The highest BCUT2D eigenvalue weighted by Gasteiger charge is 2.14. The molecule has 0 fully saturated rings. The fourth-order valence-corrected chi connectivity index (χ4v) is 3.58. The summed E-state index contributed by atoms with van der Waals surface area (Å²) in [5.74, 6) is 2.36. The number of halogens is 1. The molecule has 0 aliphatic carbocycles. The summed E-state index contributed by atoms with van der Waals surface area (Å²) in [5.41, 5.74) is 2.28. The van der Waals surface area contributed by atoms with Crippen LogP contribution < -0.4 is 20.5 Å². The maximum absolute atomic E-state index is 14.3. The summed E-state index contributed by atoms with van der Waals surface area (Å²) in [4.78, 5) is 8.00. The first-order valence-corrected chi connectivity index (χ1v) is 10.6. The zero-order valence-electron chi connectivity index (χ0n) is 16.8. The van der Waals surface area contributed by atoms with Crippen molar-refractivity contribution < 1.29 is 17.5 Å². The summed E-state index contributed by atoms with van der Waals surface area (Å²) in [7, 11) is -3.89. The number of sulfonamides is 1. The predicted octanol–water partition coefficient (Wildman–Crippen LogP) is 3.38. The molecule has 8 nitrogen and oxygen atoms in total. The molecule has 10 heteroatoms. The lowest BCUT2D eigenvalue weighted by Crippen LogP contribution is -2.14. The van der Waals surface area contributed by atoms with Crippen LogP contribution in [-0.4, -0.2) is 25.0 Å². The van der Waals surface area contributed by atoms with Gasteiger partial charge in [-0.2, -0.15) is 4.98 Å². The summed E-state index contributed by atoms with van der Waals surface area (Å²) in [6.07, 6.45) is 6.20. The highest BCUT2D eigenvalue weighted by molar-refractivity contribution is 7.89. The van der Waals surface area contributed by atoms with E-state index in [-0.39, 0.29) is 23.3 Å². The second kappa shape index (κ2) is 8.99. The monoisotopic (exact) mass is 441 g/mol. The molecule has 4 N–H and O–H groups in total. The molecule has 3 rings (SSSR count). The summed E-state index contributed by atoms with van der Waals surface area (Å²) >= 11 is 0. The number of hydrogen-bond acceptors (Lipinski definition) is 7. The molecule has 0 radical (unpaired) electrons. The first kappa shape index (κ1) is 22.0. The number of nitrogens with zero attached hydrogens (tertiary/aromatic N) is 2. The number of rotatable bonds is 7. The Morgan fingerprint density at radius 3 is 2.52 bits per heavy atom. The van der Waals surface area contributed by atoms with Crippen LogP contribution in [0.2, 0.25) is 0 Å². The number of aryl methyl sites for hydroxylation is 2. The van der Waals surface area contributed by atoms with Gasteiger partial charge in [0.25, 0.3) is 0 Å². The number of primary sulfonamides is 1. The molecular weight excluding hydrogens is 421 g/mol. The first-order chi connectivity index (χ1) is 14.7. The van der Waals surface area contributed by atoms with Gasteiger partial charge >= 0.3 is 0 Å². The van der Waals surface area contributed by atoms with Gasteiger partial charge in [0, 0.05) is 11.4 Å². The van der Waals surface area contributed by atoms with Crippen molar-refractivity contribution in [2.24, 2.45) is 5.14 Å². The van der Waals surface area contributed by atoms with Crippen molar-refractivity contribution >= 4 is 33.2 Å². The van der Waals surface area contributed by atoms with E-state index in [1.54, 1.807) is 37.3 Å². The number of nitrogens with one attached hydrogen (secondary N) is 2. The largest absolute Gasteiger partial charge is 0.481 e. The third kappa shape index (κ3) is 5.48. The Labute approximate surface area is 179 Å². The van der Waals surface area contributed by atoms with Crippen molar-refractivity contribution in [2.75, 3.05) is 17.2 Å². The number of aromatic nitrogens is 2. The SMILES string of the molecule is C#CCOc1ccc(Nc2nc(Nc3ccc(C)c(S(N)(=O)=O)c3)ncc2F)cc1C. The molecule has 1 aromatic heterocycles. The standard InChI is InChI=1S/C21H20FN5O3S/c1-4-9-30-18-8-7-15(10-14(18)3)25-20-17(22)12-24-21(27-20)26-16-6-5-13(2)19(11-16)31(23,28)29/h1,5-8,10-12H,9H2,2-3H3,(H2,23,28,29)(H2,24,25,26,27). The molecule has 0 spiro atoms. The average Bonchev–Trinajstić information content (AvgIpc) is 2.70. The topological polar surface area (TPSA) is 119 Å². The molecule has 160 valence electrons. The molecule has 0 bridgehead atoms. The van der Waals surface area contributed by atoms with Gasteiger partial charge in [0.15, 0.2) is 11.6 Å². The Hall–Kier alpha value is -3.68. The van der Waals surface area contributed by atoms with E-state index < -0.39 is 15.8 Å². The van der Waals surface area contributed by atoms with E-state index in [4.69, 9.17) is 16.3 Å². The summed E-state index contributed by atoms with van der Waals surface area (Å²) in [6.45, 7) is 3.61. The minimum atomic E-state index is -3.89. The quantitative estimate of drug-likeness (QED) is 0.481. The van der Waals surface area contributed by atoms with E-state index in [1.807, 2.05) is 6.92 Å². The van der Waals surface area contributed by atoms with E-state index in [1.165, 1.54) is 6.07 Å². The van der Waals surface area contributed by atoms with Crippen molar-refractivity contribution in [3.05, 3.63) is 59.5 Å².